The fourth-order valence-corrected chi connectivity index (χ4v) is 5.43. The van der Waals surface area contributed by atoms with E-state index in [0.29, 0.717) is 23.4 Å². The number of hydrogen-bond acceptors (Lipinski definition) is 10. The number of aromatic amines is 2. The van der Waals surface area contributed by atoms with E-state index in [4.69, 9.17) is 5.73 Å². The van der Waals surface area contributed by atoms with Crippen molar-refractivity contribution in [2.24, 2.45) is 17.6 Å². The number of aromatic hydroxyl groups is 1. The molecule has 2 heterocycles. The number of imidazole rings is 2. The van der Waals surface area contributed by atoms with E-state index in [1.54, 1.807) is 25.3 Å². The van der Waals surface area contributed by atoms with Gasteiger partial charge in [0.1, 0.15) is 35.7 Å². The number of benzene rings is 1. The van der Waals surface area contributed by atoms with Crippen molar-refractivity contribution in [3.63, 3.8) is 0 Å². The number of amides is 5. The molecule has 3 rings (SSSR count). The zero-order chi connectivity index (χ0) is 39.1. The summed E-state index contributed by atoms with van der Waals surface area (Å²) in [6.45, 7) is 8.48. The van der Waals surface area contributed by atoms with Crippen LogP contribution in [-0.2, 0) is 48.0 Å². The van der Waals surface area contributed by atoms with Crippen molar-refractivity contribution in [1.82, 2.24) is 46.5 Å². The van der Waals surface area contributed by atoms with E-state index >= 15 is 0 Å². The van der Waals surface area contributed by atoms with E-state index in [2.05, 4.69) is 46.5 Å². The molecule has 3 aromatic rings. The van der Waals surface area contributed by atoms with Crippen molar-refractivity contribution in [2.75, 3.05) is 6.54 Å². The number of nitrogens with zero attached hydrogens (tertiary/aromatic N) is 2. The van der Waals surface area contributed by atoms with Gasteiger partial charge in [-0.2, -0.15) is 0 Å². The number of H-pyrrole nitrogens is 2. The molecular formula is C36H52N10O7. The first kappa shape index (κ1) is 41.8. The number of nitrogens with two attached hydrogens (primary N) is 1. The Morgan fingerprint density at radius 1 is 0.736 bits per heavy atom. The smallest absolute Gasteiger partial charge is 0.243 e. The minimum Gasteiger partial charge on any atom is -0.508 e. The Morgan fingerprint density at radius 2 is 1.28 bits per heavy atom. The highest BCUT2D eigenvalue weighted by molar-refractivity contribution is 5.96. The SMILES string of the molecule is CC[C@H](C)[C@H](NC(=O)[C@H](Cc1cnc[nH]1)NC(=O)[C@@H](N)Cc1cnc[nH]1)C(=O)N[C@@H](Cc1ccc(O)cc1)C(=O)N[C@@H](CC(C)C)C(=O)NCC(C)=O. The van der Waals surface area contributed by atoms with Crippen LogP contribution in [0.2, 0.25) is 0 Å². The van der Waals surface area contributed by atoms with Crippen molar-refractivity contribution in [1.29, 1.82) is 0 Å². The number of phenols is 1. The zero-order valence-corrected chi connectivity index (χ0v) is 30.8. The van der Waals surface area contributed by atoms with E-state index in [-0.39, 0.29) is 49.7 Å². The van der Waals surface area contributed by atoms with Crippen LogP contribution in [0.5, 0.6) is 5.75 Å². The number of hydrogen-bond donors (Lipinski definition) is 9. The number of aromatic nitrogens is 4. The summed E-state index contributed by atoms with van der Waals surface area (Å²) in [5.74, 6) is -3.82. The van der Waals surface area contributed by atoms with Gasteiger partial charge in [0.05, 0.1) is 25.2 Å². The average molecular weight is 737 g/mol. The molecular weight excluding hydrogens is 684 g/mol. The van der Waals surface area contributed by atoms with Gasteiger partial charge in [-0.1, -0.05) is 46.2 Å². The molecule has 288 valence electrons. The van der Waals surface area contributed by atoms with Crippen molar-refractivity contribution in [2.45, 2.75) is 96.9 Å². The molecule has 17 heteroatoms. The lowest BCUT2D eigenvalue weighted by molar-refractivity contribution is -0.135. The number of phenolic OH excluding ortho intramolecular Hbond substituents is 1. The van der Waals surface area contributed by atoms with E-state index in [1.165, 1.54) is 37.9 Å². The lowest BCUT2D eigenvalue weighted by Gasteiger charge is -2.29. The Labute approximate surface area is 308 Å². The standard InChI is InChI=1S/C36H52N10O7/c1-6-21(4)31(46-35(52)30(14-25-17-39-19-42-25)43-32(49)27(37)13-24-16-38-18-41-24)36(53)45-29(12-23-7-9-26(48)10-8-23)34(51)44-28(11-20(2)3)33(50)40-15-22(5)47/h7-10,16-21,27-31,48H,6,11-15,37H2,1-5H3,(H,38,41)(H,39,42)(H,40,50)(H,43,49)(H,44,51)(H,45,53)(H,46,52)/t21-,27-,28-,29-,30-,31-/m0/s1. The van der Waals surface area contributed by atoms with E-state index in [9.17, 15) is 33.9 Å². The fourth-order valence-electron chi connectivity index (χ4n) is 5.43. The van der Waals surface area contributed by atoms with Crippen molar-refractivity contribution in [3.05, 3.63) is 66.3 Å². The van der Waals surface area contributed by atoms with Crippen LogP contribution in [0.3, 0.4) is 0 Å². The summed E-state index contributed by atoms with van der Waals surface area (Å²) >= 11 is 0. The first-order valence-electron chi connectivity index (χ1n) is 17.6. The second kappa shape index (κ2) is 20.5. The van der Waals surface area contributed by atoms with Crippen molar-refractivity contribution >= 4 is 35.3 Å². The van der Waals surface area contributed by atoms with Crippen molar-refractivity contribution < 1.29 is 33.9 Å². The second-order valence-electron chi connectivity index (χ2n) is 13.6. The number of nitrogens with one attached hydrogen (secondary N) is 7. The van der Waals surface area contributed by atoms with Gasteiger partial charge >= 0.3 is 0 Å². The summed E-state index contributed by atoms with van der Waals surface area (Å²) in [5, 5.41) is 23.3. The van der Waals surface area contributed by atoms with Crippen LogP contribution in [0.1, 0.15) is 64.4 Å². The summed E-state index contributed by atoms with van der Waals surface area (Å²) in [4.78, 5) is 93.2. The van der Waals surface area contributed by atoms with Crippen LogP contribution in [0.15, 0.2) is 49.3 Å². The molecule has 0 spiro atoms. The molecule has 0 fully saturated rings. The lowest BCUT2D eigenvalue weighted by Crippen LogP contribution is -2.61. The number of carbonyl (C=O) groups excluding carboxylic acids is 6. The molecule has 10 N–H and O–H groups in total. The molecule has 0 unspecified atom stereocenters. The Morgan fingerprint density at radius 3 is 1.83 bits per heavy atom. The van der Waals surface area contributed by atoms with Gasteiger partial charge in [0.25, 0.3) is 0 Å². The molecule has 1 aromatic carbocycles. The van der Waals surface area contributed by atoms with Gasteiger partial charge in [0, 0.05) is 43.0 Å². The molecule has 0 saturated carbocycles. The number of carbonyl (C=O) groups is 6. The monoisotopic (exact) mass is 736 g/mol. The van der Waals surface area contributed by atoms with E-state index in [1.807, 2.05) is 20.8 Å². The highest BCUT2D eigenvalue weighted by atomic mass is 16.3. The number of Topliss-reactive ketones (excluding diaryl/α,β-unsaturated/α-hetero) is 1. The summed E-state index contributed by atoms with van der Waals surface area (Å²) < 4.78 is 0. The molecule has 0 bridgehead atoms. The fraction of sp³-hybridized carbons (Fsp3) is 0.500. The van der Waals surface area contributed by atoms with Gasteiger partial charge in [0.2, 0.25) is 29.5 Å². The molecule has 0 aliphatic rings. The molecule has 0 aliphatic carbocycles. The predicted octanol–water partition coefficient (Wildman–Crippen LogP) is -0.0698. The molecule has 0 radical (unpaired) electrons. The number of ketones is 1. The Bertz CT molecular complexity index is 1640. The van der Waals surface area contributed by atoms with E-state index in [0.717, 1.165) is 0 Å². The van der Waals surface area contributed by atoms with E-state index < -0.39 is 65.7 Å². The van der Waals surface area contributed by atoms with Gasteiger partial charge in [-0.05, 0) is 42.9 Å². The maximum atomic E-state index is 14.1. The molecule has 0 aliphatic heterocycles. The Balaban J connectivity index is 1.85. The van der Waals surface area contributed by atoms with Crippen LogP contribution in [-0.4, -0.2) is 97.1 Å². The summed E-state index contributed by atoms with van der Waals surface area (Å²) in [6.07, 6.45) is 6.81. The average Bonchev–Trinajstić information content (AvgIpc) is 3.83. The Hall–Kier alpha value is -5.58. The van der Waals surface area contributed by atoms with Gasteiger partial charge in [0.15, 0.2) is 0 Å². The highest BCUT2D eigenvalue weighted by Crippen LogP contribution is 2.15. The molecule has 6 atom stereocenters. The molecule has 0 saturated heterocycles. The highest BCUT2D eigenvalue weighted by Gasteiger charge is 2.34. The van der Waals surface area contributed by atoms with Gasteiger partial charge < -0.3 is 47.4 Å². The maximum Gasteiger partial charge on any atom is 0.243 e. The lowest BCUT2D eigenvalue weighted by atomic mass is 9.96. The topological polar surface area (TPSA) is 266 Å². The molecule has 5 amide bonds. The van der Waals surface area contributed by atoms with Crippen LogP contribution in [0.4, 0.5) is 0 Å². The second-order valence-corrected chi connectivity index (χ2v) is 13.6. The van der Waals surface area contributed by atoms with Crippen molar-refractivity contribution in [3.8, 4) is 5.75 Å². The third kappa shape index (κ3) is 13.8. The first-order chi connectivity index (χ1) is 25.2. The summed E-state index contributed by atoms with van der Waals surface area (Å²) in [6, 6.07) is 0.555. The third-order valence-electron chi connectivity index (χ3n) is 8.60. The normalized spacial score (nSPS) is 14.5. The first-order valence-corrected chi connectivity index (χ1v) is 17.6. The zero-order valence-electron chi connectivity index (χ0n) is 30.8. The largest absolute Gasteiger partial charge is 0.508 e. The predicted molar refractivity (Wildman–Crippen MR) is 195 cm³/mol. The van der Waals surface area contributed by atoms with Crippen LogP contribution >= 0.6 is 0 Å². The Kier molecular flexibility index (Phi) is 16.1. The summed E-state index contributed by atoms with van der Waals surface area (Å²) in [5.41, 5.74) is 7.93. The number of rotatable bonds is 21. The minimum absolute atomic E-state index is 0.00580. The minimum atomic E-state index is -1.22. The third-order valence-corrected chi connectivity index (χ3v) is 8.60. The molecule has 53 heavy (non-hydrogen) atoms. The van der Waals surface area contributed by atoms with Gasteiger partial charge in [-0.15, -0.1) is 0 Å². The van der Waals surface area contributed by atoms with Gasteiger partial charge in [-0.3, -0.25) is 28.8 Å². The van der Waals surface area contributed by atoms with Gasteiger partial charge in [-0.25, -0.2) is 9.97 Å². The van der Waals surface area contributed by atoms with Crippen LogP contribution in [0.25, 0.3) is 0 Å². The molecule has 2 aromatic heterocycles. The molecule has 17 nitrogen and oxygen atoms in total. The summed E-state index contributed by atoms with van der Waals surface area (Å²) in [7, 11) is 0. The maximum absolute atomic E-state index is 14.1. The van der Waals surface area contributed by atoms with Crippen LogP contribution < -0.4 is 32.3 Å². The van der Waals surface area contributed by atoms with Crippen LogP contribution in [0, 0.1) is 11.8 Å². The quantitative estimate of drug-likeness (QED) is 0.0703.